The van der Waals surface area contributed by atoms with Gasteiger partial charge in [0.1, 0.15) is 5.78 Å². The van der Waals surface area contributed by atoms with Crippen LogP contribution in [0.5, 0.6) is 0 Å². The fraction of sp³-hybridized carbons (Fsp3) is 0.500. The molecule has 1 aliphatic heterocycles. The van der Waals surface area contributed by atoms with E-state index in [1.54, 1.807) is 11.3 Å². The number of hydrogen-bond acceptors (Lipinski definition) is 3. The molecule has 1 aromatic heterocycles. The molecular formula is C18H23NOS. The highest BCUT2D eigenvalue weighted by atomic mass is 32.1. The molecule has 0 saturated carbocycles. The Morgan fingerprint density at radius 2 is 2.05 bits per heavy atom. The van der Waals surface area contributed by atoms with Gasteiger partial charge in [-0.1, -0.05) is 31.5 Å². The number of rotatable bonds is 5. The van der Waals surface area contributed by atoms with Gasteiger partial charge in [0.2, 0.25) is 0 Å². The number of piperidine rings is 1. The van der Waals surface area contributed by atoms with E-state index < -0.39 is 0 Å². The topological polar surface area (TPSA) is 29.1 Å². The highest BCUT2D eigenvalue weighted by molar-refractivity contribution is 7.17. The second-order valence-corrected chi connectivity index (χ2v) is 7.05. The van der Waals surface area contributed by atoms with Gasteiger partial charge in [0, 0.05) is 16.5 Å². The fourth-order valence-electron chi connectivity index (χ4n) is 3.58. The standard InChI is InChI=1S/C18H23NOS/c1-2-7-18(8-10-19-11-9-18)17(20)12-14-13-21-16-6-4-3-5-15(14)16/h3-6,13,19H,2,7-12H2,1H3. The molecule has 112 valence electrons. The molecule has 0 atom stereocenters. The van der Waals surface area contributed by atoms with Crippen LogP contribution in [0.15, 0.2) is 29.6 Å². The molecule has 21 heavy (non-hydrogen) atoms. The van der Waals surface area contributed by atoms with Gasteiger partial charge in [0.15, 0.2) is 0 Å². The van der Waals surface area contributed by atoms with E-state index >= 15 is 0 Å². The van der Waals surface area contributed by atoms with Crippen molar-refractivity contribution in [3.05, 3.63) is 35.2 Å². The summed E-state index contributed by atoms with van der Waals surface area (Å²) in [5, 5.41) is 6.82. The third-order valence-electron chi connectivity index (χ3n) is 4.79. The molecule has 1 saturated heterocycles. The van der Waals surface area contributed by atoms with Crippen LogP contribution in [0.4, 0.5) is 0 Å². The van der Waals surface area contributed by atoms with Gasteiger partial charge >= 0.3 is 0 Å². The number of carbonyl (C=O) groups is 1. The van der Waals surface area contributed by atoms with Crippen LogP contribution in [-0.2, 0) is 11.2 Å². The van der Waals surface area contributed by atoms with Crippen molar-refractivity contribution in [3.8, 4) is 0 Å². The minimum absolute atomic E-state index is 0.0803. The van der Waals surface area contributed by atoms with Crippen LogP contribution >= 0.6 is 11.3 Å². The van der Waals surface area contributed by atoms with E-state index in [0.29, 0.717) is 12.2 Å². The van der Waals surface area contributed by atoms with Crippen molar-refractivity contribution in [2.24, 2.45) is 5.41 Å². The second-order valence-electron chi connectivity index (χ2n) is 6.14. The molecule has 1 N–H and O–H groups in total. The van der Waals surface area contributed by atoms with Crippen molar-refractivity contribution < 1.29 is 4.79 Å². The molecular weight excluding hydrogens is 278 g/mol. The van der Waals surface area contributed by atoms with Gasteiger partial charge in [-0.2, -0.15) is 0 Å². The predicted molar refractivity (Wildman–Crippen MR) is 90.0 cm³/mol. The summed E-state index contributed by atoms with van der Waals surface area (Å²) in [6.07, 6.45) is 4.74. The van der Waals surface area contributed by atoms with Gasteiger partial charge in [-0.05, 0) is 54.7 Å². The maximum atomic E-state index is 13.0. The largest absolute Gasteiger partial charge is 0.317 e. The van der Waals surface area contributed by atoms with Crippen LogP contribution in [0.2, 0.25) is 0 Å². The molecule has 3 heteroatoms. The van der Waals surface area contributed by atoms with Crippen molar-refractivity contribution in [1.82, 2.24) is 5.32 Å². The smallest absolute Gasteiger partial charge is 0.143 e. The van der Waals surface area contributed by atoms with Gasteiger partial charge in [0.05, 0.1) is 0 Å². The van der Waals surface area contributed by atoms with E-state index in [-0.39, 0.29) is 5.41 Å². The lowest BCUT2D eigenvalue weighted by Crippen LogP contribution is -2.42. The van der Waals surface area contributed by atoms with Gasteiger partial charge in [-0.15, -0.1) is 11.3 Å². The molecule has 0 radical (unpaired) electrons. The number of benzene rings is 1. The Morgan fingerprint density at radius 1 is 1.29 bits per heavy atom. The van der Waals surface area contributed by atoms with Gasteiger partial charge < -0.3 is 5.32 Å². The first-order valence-electron chi connectivity index (χ1n) is 7.94. The zero-order chi connectivity index (χ0) is 14.7. The Bertz CT molecular complexity index is 619. The molecule has 0 spiro atoms. The van der Waals surface area contributed by atoms with Crippen LogP contribution in [0, 0.1) is 5.41 Å². The highest BCUT2D eigenvalue weighted by Crippen LogP contribution is 2.37. The molecule has 0 unspecified atom stereocenters. The normalized spacial score (nSPS) is 18.0. The lowest BCUT2D eigenvalue weighted by molar-refractivity contribution is -0.130. The summed E-state index contributed by atoms with van der Waals surface area (Å²) >= 11 is 1.75. The number of nitrogens with one attached hydrogen (secondary N) is 1. The zero-order valence-corrected chi connectivity index (χ0v) is 13.5. The number of Topliss-reactive ketones (excluding diaryl/α,β-unsaturated/α-hetero) is 1. The van der Waals surface area contributed by atoms with Crippen LogP contribution in [0.3, 0.4) is 0 Å². The zero-order valence-electron chi connectivity index (χ0n) is 12.7. The number of carbonyl (C=O) groups excluding carboxylic acids is 1. The van der Waals surface area contributed by atoms with Crippen LogP contribution in [0.25, 0.3) is 10.1 Å². The third-order valence-corrected chi connectivity index (χ3v) is 5.81. The average molecular weight is 301 g/mol. The Balaban J connectivity index is 1.84. The summed E-state index contributed by atoms with van der Waals surface area (Å²) < 4.78 is 1.29. The monoisotopic (exact) mass is 301 g/mol. The Kier molecular flexibility index (Phi) is 4.41. The molecule has 2 heterocycles. The SMILES string of the molecule is CCCC1(C(=O)Cc2csc3ccccc23)CCNCC1. The molecule has 2 nitrogen and oxygen atoms in total. The maximum Gasteiger partial charge on any atom is 0.143 e. The highest BCUT2D eigenvalue weighted by Gasteiger charge is 2.38. The summed E-state index contributed by atoms with van der Waals surface area (Å²) in [5.41, 5.74) is 1.14. The first kappa shape index (κ1) is 14.7. The van der Waals surface area contributed by atoms with Crippen molar-refractivity contribution in [2.45, 2.75) is 39.0 Å². The Labute approximate surface area is 130 Å². The molecule has 3 rings (SSSR count). The minimum atomic E-state index is -0.0803. The predicted octanol–water partition coefficient (Wildman–Crippen LogP) is 4.18. The Morgan fingerprint density at radius 3 is 2.81 bits per heavy atom. The summed E-state index contributed by atoms with van der Waals surface area (Å²) in [5.74, 6) is 0.453. The van der Waals surface area contributed by atoms with Crippen molar-refractivity contribution in [3.63, 3.8) is 0 Å². The Hall–Kier alpha value is -1.19. The summed E-state index contributed by atoms with van der Waals surface area (Å²) in [6.45, 7) is 4.16. The van der Waals surface area contributed by atoms with E-state index in [9.17, 15) is 4.79 Å². The first-order chi connectivity index (χ1) is 10.2. The van der Waals surface area contributed by atoms with Crippen LogP contribution in [0.1, 0.15) is 38.2 Å². The van der Waals surface area contributed by atoms with Crippen molar-refractivity contribution in [1.29, 1.82) is 0 Å². The summed E-state index contributed by atoms with van der Waals surface area (Å²) in [7, 11) is 0. The van der Waals surface area contributed by atoms with Gasteiger partial charge in [-0.3, -0.25) is 4.79 Å². The molecule has 1 fully saturated rings. The molecule has 1 aromatic carbocycles. The van der Waals surface area contributed by atoms with Gasteiger partial charge in [0.25, 0.3) is 0 Å². The van der Waals surface area contributed by atoms with E-state index in [1.165, 1.54) is 15.6 Å². The molecule has 2 aromatic rings. The third kappa shape index (κ3) is 2.90. The number of thiophene rings is 1. The maximum absolute atomic E-state index is 13.0. The van der Waals surface area contributed by atoms with E-state index in [2.05, 4.69) is 41.9 Å². The summed E-state index contributed by atoms with van der Waals surface area (Å²) in [4.78, 5) is 13.0. The minimum Gasteiger partial charge on any atom is -0.317 e. The molecule has 0 bridgehead atoms. The molecule has 0 aliphatic carbocycles. The van der Waals surface area contributed by atoms with Crippen molar-refractivity contribution in [2.75, 3.05) is 13.1 Å². The van der Waals surface area contributed by atoms with E-state index in [0.717, 1.165) is 38.8 Å². The molecule has 0 amide bonds. The van der Waals surface area contributed by atoms with Gasteiger partial charge in [-0.25, -0.2) is 0 Å². The summed E-state index contributed by atoms with van der Waals surface area (Å²) in [6, 6.07) is 8.41. The second kappa shape index (κ2) is 6.29. The molecule has 1 aliphatic rings. The number of fused-ring (bicyclic) bond motifs is 1. The first-order valence-corrected chi connectivity index (χ1v) is 8.82. The average Bonchev–Trinajstić information content (AvgIpc) is 2.92. The lowest BCUT2D eigenvalue weighted by Gasteiger charge is -2.36. The fourth-order valence-corrected chi connectivity index (χ4v) is 4.55. The number of hydrogen-bond donors (Lipinski definition) is 1. The number of ketones is 1. The van der Waals surface area contributed by atoms with Crippen LogP contribution < -0.4 is 5.32 Å². The van der Waals surface area contributed by atoms with E-state index in [4.69, 9.17) is 0 Å². The van der Waals surface area contributed by atoms with Crippen molar-refractivity contribution >= 4 is 27.2 Å². The quantitative estimate of drug-likeness (QED) is 0.897. The van der Waals surface area contributed by atoms with Crippen LogP contribution in [-0.4, -0.2) is 18.9 Å². The lowest BCUT2D eigenvalue weighted by atomic mass is 9.70. The van der Waals surface area contributed by atoms with E-state index in [1.807, 2.05) is 0 Å².